The van der Waals surface area contributed by atoms with Gasteiger partial charge in [0.05, 0.1) is 0 Å². The number of H-pyrrole nitrogens is 1. The highest BCUT2D eigenvalue weighted by molar-refractivity contribution is 5.44. The van der Waals surface area contributed by atoms with Gasteiger partial charge in [-0.3, -0.25) is 4.79 Å². The van der Waals surface area contributed by atoms with Gasteiger partial charge >= 0.3 is 0 Å². The minimum Gasteiger partial charge on any atom is -0.419 e. The Morgan fingerprint density at radius 1 is 1.39 bits per heavy atom. The Morgan fingerprint density at radius 3 is 3.06 bits per heavy atom. The van der Waals surface area contributed by atoms with Crippen LogP contribution in [0.1, 0.15) is 19.2 Å². The number of aromatic nitrogens is 3. The van der Waals surface area contributed by atoms with Gasteiger partial charge in [0.1, 0.15) is 5.69 Å². The van der Waals surface area contributed by atoms with Gasteiger partial charge in [0.25, 0.3) is 5.89 Å². The Hall–Kier alpha value is -1.95. The maximum absolute atomic E-state index is 11.2. The van der Waals surface area contributed by atoms with Crippen molar-refractivity contribution in [1.29, 1.82) is 0 Å². The number of hydrogen-bond acceptors (Lipinski definition) is 5. The lowest BCUT2D eigenvalue weighted by molar-refractivity contribution is 0.491. The van der Waals surface area contributed by atoms with Crippen LogP contribution in [-0.2, 0) is 6.42 Å². The SMILES string of the molecule is CCNCCCc1nnc(-c2cccc(=O)[nH]2)o1. The van der Waals surface area contributed by atoms with E-state index in [4.69, 9.17) is 4.42 Å². The summed E-state index contributed by atoms with van der Waals surface area (Å²) >= 11 is 0. The van der Waals surface area contributed by atoms with Crippen LogP contribution < -0.4 is 10.9 Å². The molecule has 2 aromatic rings. The molecule has 0 radical (unpaired) electrons. The molecule has 0 atom stereocenters. The first-order chi connectivity index (χ1) is 8.79. The van der Waals surface area contributed by atoms with Gasteiger partial charge in [0.15, 0.2) is 0 Å². The van der Waals surface area contributed by atoms with E-state index in [1.807, 2.05) is 0 Å². The van der Waals surface area contributed by atoms with Gasteiger partial charge in [-0.2, -0.15) is 0 Å². The lowest BCUT2D eigenvalue weighted by Crippen LogP contribution is -2.14. The van der Waals surface area contributed by atoms with Crippen molar-refractivity contribution in [2.24, 2.45) is 0 Å². The first-order valence-electron chi connectivity index (χ1n) is 6.02. The van der Waals surface area contributed by atoms with Crippen LogP contribution in [0.5, 0.6) is 0 Å². The molecule has 96 valence electrons. The summed E-state index contributed by atoms with van der Waals surface area (Å²) in [7, 11) is 0. The molecule has 2 rings (SSSR count). The van der Waals surface area contributed by atoms with Crippen molar-refractivity contribution in [3.8, 4) is 11.6 Å². The van der Waals surface area contributed by atoms with E-state index in [1.165, 1.54) is 6.07 Å². The third-order valence-corrected chi connectivity index (χ3v) is 2.46. The van der Waals surface area contributed by atoms with Crippen LogP contribution in [0.25, 0.3) is 11.6 Å². The van der Waals surface area contributed by atoms with Gasteiger partial charge in [0.2, 0.25) is 11.4 Å². The quantitative estimate of drug-likeness (QED) is 0.744. The average molecular weight is 248 g/mol. The Morgan fingerprint density at radius 2 is 2.28 bits per heavy atom. The molecule has 0 aliphatic carbocycles. The van der Waals surface area contributed by atoms with E-state index in [-0.39, 0.29) is 5.56 Å². The minimum atomic E-state index is -0.181. The summed E-state index contributed by atoms with van der Waals surface area (Å²) in [6, 6.07) is 4.83. The van der Waals surface area contributed by atoms with Gasteiger partial charge < -0.3 is 14.7 Å². The molecule has 0 aliphatic rings. The van der Waals surface area contributed by atoms with Crippen molar-refractivity contribution >= 4 is 0 Å². The predicted molar refractivity (Wildman–Crippen MR) is 67.2 cm³/mol. The number of pyridine rings is 1. The van der Waals surface area contributed by atoms with Gasteiger partial charge in [0, 0.05) is 12.5 Å². The van der Waals surface area contributed by atoms with Crippen LogP contribution in [0.15, 0.2) is 27.4 Å². The van der Waals surface area contributed by atoms with Crippen LogP contribution in [0.2, 0.25) is 0 Å². The van der Waals surface area contributed by atoms with Gasteiger partial charge in [-0.05, 0) is 25.6 Å². The molecular formula is C12H16N4O2. The molecule has 6 heteroatoms. The lowest BCUT2D eigenvalue weighted by atomic mass is 10.3. The molecule has 6 nitrogen and oxygen atoms in total. The number of hydrogen-bond donors (Lipinski definition) is 2. The molecule has 0 unspecified atom stereocenters. The lowest BCUT2D eigenvalue weighted by Gasteiger charge is -1.97. The second-order valence-corrected chi connectivity index (χ2v) is 3.89. The van der Waals surface area contributed by atoms with Gasteiger partial charge in [-0.25, -0.2) is 0 Å². The minimum absolute atomic E-state index is 0.181. The third kappa shape index (κ3) is 3.27. The standard InChI is InChI=1S/C12H16N4O2/c1-2-13-8-4-7-11-15-16-12(18-11)9-5-3-6-10(17)14-9/h3,5-6,13H,2,4,7-8H2,1H3,(H,14,17). The zero-order chi connectivity index (χ0) is 12.8. The van der Waals surface area contributed by atoms with Crippen LogP contribution in [0.3, 0.4) is 0 Å². The van der Waals surface area contributed by atoms with Crippen molar-refractivity contribution in [3.63, 3.8) is 0 Å². The molecule has 0 saturated carbocycles. The second kappa shape index (κ2) is 6.11. The third-order valence-electron chi connectivity index (χ3n) is 2.46. The largest absolute Gasteiger partial charge is 0.419 e. The highest BCUT2D eigenvalue weighted by Crippen LogP contribution is 2.13. The first-order valence-corrected chi connectivity index (χ1v) is 6.02. The van der Waals surface area contributed by atoms with E-state index in [0.717, 1.165) is 25.9 Å². The second-order valence-electron chi connectivity index (χ2n) is 3.89. The fourth-order valence-corrected chi connectivity index (χ4v) is 1.58. The summed E-state index contributed by atoms with van der Waals surface area (Å²) in [5.74, 6) is 0.943. The summed E-state index contributed by atoms with van der Waals surface area (Å²) in [6.45, 7) is 3.95. The van der Waals surface area contributed by atoms with Crippen molar-refractivity contribution in [1.82, 2.24) is 20.5 Å². The molecule has 0 spiro atoms. The molecule has 2 heterocycles. The summed E-state index contributed by atoms with van der Waals surface area (Å²) in [6.07, 6.45) is 1.68. The van der Waals surface area contributed by atoms with Crippen LogP contribution in [0, 0.1) is 0 Å². The Kier molecular flexibility index (Phi) is 4.25. The molecule has 2 aromatic heterocycles. The van der Waals surface area contributed by atoms with E-state index in [2.05, 4.69) is 27.4 Å². The summed E-state index contributed by atoms with van der Waals surface area (Å²) in [5.41, 5.74) is 0.368. The summed E-state index contributed by atoms with van der Waals surface area (Å²) in [4.78, 5) is 13.8. The zero-order valence-electron chi connectivity index (χ0n) is 10.3. The monoisotopic (exact) mass is 248 g/mol. The maximum Gasteiger partial charge on any atom is 0.264 e. The maximum atomic E-state index is 11.2. The number of nitrogens with zero attached hydrogens (tertiary/aromatic N) is 2. The molecule has 0 bridgehead atoms. The predicted octanol–water partition coefficient (Wildman–Crippen LogP) is 0.967. The molecule has 2 N–H and O–H groups in total. The first kappa shape index (κ1) is 12.5. The van der Waals surface area contributed by atoms with Crippen molar-refractivity contribution in [3.05, 3.63) is 34.4 Å². The van der Waals surface area contributed by atoms with Crippen LogP contribution >= 0.6 is 0 Å². The molecule has 0 amide bonds. The number of aromatic amines is 1. The fourth-order valence-electron chi connectivity index (χ4n) is 1.58. The van der Waals surface area contributed by atoms with Gasteiger partial charge in [-0.1, -0.05) is 13.0 Å². The van der Waals surface area contributed by atoms with Crippen molar-refractivity contribution < 1.29 is 4.42 Å². The summed E-state index contributed by atoms with van der Waals surface area (Å²) in [5, 5.41) is 11.1. The average Bonchev–Trinajstić information content (AvgIpc) is 2.83. The van der Waals surface area contributed by atoms with E-state index >= 15 is 0 Å². The zero-order valence-corrected chi connectivity index (χ0v) is 10.3. The Balaban J connectivity index is 1.99. The normalized spacial score (nSPS) is 10.7. The fraction of sp³-hybridized carbons (Fsp3) is 0.417. The van der Waals surface area contributed by atoms with E-state index in [9.17, 15) is 4.79 Å². The van der Waals surface area contributed by atoms with Crippen molar-refractivity contribution in [2.75, 3.05) is 13.1 Å². The van der Waals surface area contributed by atoms with Crippen LogP contribution in [-0.4, -0.2) is 28.3 Å². The Labute approximate surface area is 104 Å². The molecule has 0 fully saturated rings. The number of rotatable bonds is 6. The molecule has 0 aromatic carbocycles. The van der Waals surface area contributed by atoms with E-state index < -0.39 is 0 Å². The van der Waals surface area contributed by atoms with Gasteiger partial charge in [-0.15, -0.1) is 10.2 Å². The molecule has 0 saturated heterocycles. The molecule has 0 aliphatic heterocycles. The smallest absolute Gasteiger partial charge is 0.264 e. The van der Waals surface area contributed by atoms with Crippen molar-refractivity contribution in [2.45, 2.75) is 19.8 Å². The van der Waals surface area contributed by atoms with E-state index in [1.54, 1.807) is 12.1 Å². The topological polar surface area (TPSA) is 83.8 Å². The number of nitrogens with one attached hydrogen (secondary N) is 2. The highest BCUT2D eigenvalue weighted by atomic mass is 16.4. The molecule has 18 heavy (non-hydrogen) atoms. The number of aryl methyl sites for hydroxylation is 1. The van der Waals surface area contributed by atoms with E-state index in [0.29, 0.717) is 17.5 Å². The highest BCUT2D eigenvalue weighted by Gasteiger charge is 2.08. The van der Waals surface area contributed by atoms with Crippen LogP contribution in [0.4, 0.5) is 0 Å². The molecular weight excluding hydrogens is 232 g/mol. The Bertz CT molecular complexity index is 547. The summed E-state index contributed by atoms with van der Waals surface area (Å²) < 4.78 is 5.48.